The minimum atomic E-state index is -0.0555. The van der Waals surface area contributed by atoms with E-state index in [2.05, 4.69) is 52.4 Å². The van der Waals surface area contributed by atoms with E-state index in [4.69, 9.17) is 0 Å². The van der Waals surface area contributed by atoms with Crippen molar-refractivity contribution in [1.29, 1.82) is 0 Å². The third-order valence-electron chi connectivity index (χ3n) is 3.77. The lowest BCUT2D eigenvalue weighted by Crippen LogP contribution is -2.52. The molecular formula is C15H22BrNOS. The van der Waals surface area contributed by atoms with Gasteiger partial charge in [-0.25, -0.2) is 0 Å². The molecule has 2 atom stereocenters. The Balaban J connectivity index is 1.99. The first kappa shape index (κ1) is 15.4. The van der Waals surface area contributed by atoms with Gasteiger partial charge in [-0.05, 0) is 50.1 Å². The number of rotatable bonds is 5. The third-order valence-corrected chi connectivity index (χ3v) is 5.58. The number of nitrogens with one attached hydrogen (secondary N) is 1. The lowest BCUT2D eigenvalue weighted by molar-refractivity contribution is 0.125. The molecule has 4 heteroatoms. The monoisotopic (exact) mass is 343 g/mol. The van der Waals surface area contributed by atoms with Crippen LogP contribution in [0, 0.1) is 0 Å². The van der Waals surface area contributed by atoms with Crippen LogP contribution in [0.4, 0.5) is 0 Å². The number of aliphatic hydroxyl groups excluding tert-OH is 1. The van der Waals surface area contributed by atoms with Gasteiger partial charge in [0.2, 0.25) is 0 Å². The average molecular weight is 344 g/mol. The van der Waals surface area contributed by atoms with Crippen LogP contribution in [0.25, 0.3) is 0 Å². The first-order chi connectivity index (χ1) is 9.17. The zero-order valence-corrected chi connectivity index (χ0v) is 13.8. The summed E-state index contributed by atoms with van der Waals surface area (Å²) in [4.78, 5) is 1.32. The van der Waals surface area contributed by atoms with Gasteiger partial charge in [-0.15, -0.1) is 11.8 Å². The van der Waals surface area contributed by atoms with E-state index in [-0.39, 0.29) is 12.1 Å². The van der Waals surface area contributed by atoms with Crippen LogP contribution in [-0.4, -0.2) is 29.0 Å². The van der Waals surface area contributed by atoms with E-state index in [1.807, 2.05) is 11.8 Å². The quantitative estimate of drug-likeness (QED) is 0.852. The maximum absolute atomic E-state index is 9.71. The summed E-state index contributed by atoms with van der Waals surface area (Å²) in [6.45, 7) is 3.29. The van der Waals surface area contributed by atoms with Crippen LogP contribution < -0.4 is 5.32 Å². The maximum Gasteiger partial charge on any atom is 0.0613 e. The molecule has 2 rings (SSSR count). The largest absolute Gasteiger partial charge is 0.394 e. The van der Waals surface area contributed by atoms with Gasteiger partial charge in [-0.2, -0.15) is 0 Å². The lowest BCUT2D eigenvalue weighted by Gasteiger charge is -2.40. The molecule has 106 valence electrons. The Kier molecular flexibility index (Phi) is 5.75. The van der Waals surface area contributed by atoms with Crippen LogP contribution in [0.5, 0.6) is 0 Å². The Labute approximate surface area is 128 Å². The second-order valence-corrected chi connectivity index (χ2v) is 7.55. The van der Waals surface area contributed by atoms with Crippen molar-refractivity contribution in [1.82, 2.24) is 5.32 Å². The zero-order valence-electron chi connectivity index (χ0n) is 11.4. The molecule has 0 bridgehead atoms. The van der Waals surface area contributed by atoms with Crippen molar-refractivity contribution in [3.05, 3.63) is 28.7 Å². The molecular weight excluding hydrogens is 322 g/mol. The molecule has 1 aliphatic rings. The number of benzene rings is 1. The van der Waals surface area contributed by atoms with Gasteiger partial charge in [0.05, 0.1) is 6.61 Å². The molecule has 1 aliphatic carbocycles. The van der Waals surface area contributed by atoms with Crippen LogP contribution in [-0.2, 0) is 0 Å². The van der Waals surface area contributed by atoms with Gasteiger partial charge < -0.3 is 10.4 Å². The molecule has 19 heavy (non-hydrogen) atoms. The van der Waals surface area contributed by atoms with E-state index in [0.717, 1.165) is 23.9 Å². The van der Waals surface area contributed by atoms with Crippen molar-refractivity contribution >= 4 is 27.7 Å². The summed E-state index contributed by atoms with van der Waals surface area (Å²) >= 11 is 5.41. The summed E-state index contributed by atoms with van der Waals surface area (Å²) in [5.41, 5.74) is -0.0555. The van der Waals surface area contributed by atoms with Gasteiger partial charge in [0.25, 0.3) is 0 Å². The fourth-order valence-corrected chi connectivity index (χ4v) is 4.48. The molecule has 0 amide bonds. The van der Waals surface area contributed by atoms with Crippen molar-refractivity contribution < 1.29 is 5.11 Å². The van der Waals surface area contributed by atoms with Gasteiger partial charge in [0, 0.05) is 20.2 Å². The number of aliphatic hydroxyl groups is 1. The molecule has 2 unspecified atom stereocenters. The fourth-order valence-electron chi connectivity index (χ4n) is 2.85. The Morgan fingerprint density at radius 3 is 2.79 bits per heavy atom. The first-order valence-corrected chi connectivity index (χ1v) is 8.63. The van der Waals surface area contributed by atoms with Gasteiger partial charge >= 0.3 is 0 Å². The van der Waals surface area contributed by atoms with Crippen molar-refractivity contribution in [2.45, 2.75) is 48.3 Å². The Morgan fingerprint density at radius 1 is 1.42 bits per heavy atom. The molecule has 0 aromatic heterocycles. The second kappa shape index (κ2) is 7.11. The van der Waals surface area contributed by atoms with E-state index in [0.29, 0.717) is 5.25 Å². The zero-order chi connectivity index (χ0) is 13.7. The molecule has 1 fully saturated rings. The summed E-state index contributed by atoms with van der Waals surface area (Å²) < 4.78 is 1.12. The highest BCUT2D eigenvalue weighted by atomic mass is 79.9. The third kappa shape index (κ3) is 4.22. The summed E-state index contributed by atoms with van der Waals surface area (Å²) in [6.07, 6.45) is 4.59. The SMILES string of the molecule is CCNC1(CO)CCCC(Sc2ccc(Br)cc2)C1. The molecule has 0 heterocycles. The number of likely N-dealkylation sites (N-methyl/N-ethyl adjacent to an activating group) is 1. The van der Waals surface area contributed by atoms with Gasteiger partial charge in [-0.3, -0.25) is 0 Å². The highest BCUT2D eigenvalue weighted by molar-refractivity contribution is 9.10. The molecule has 2 N–H and O–H groups in total. The lowest BCUT2D eigenvalue weighted by atomic mass is 9.82. The van der Waals surface area contributed by atoms with E-state index in [1.54, 1.807) is 0 Å². The van der Waals surface area contributed by atoms with Crippen LogP contribution in [0.1, 0.15) is 32.6 Å². The fraction of sp³-hybridized carbons (Fsp3) is 0.600. The van der Waals surface area contributed by atoms with E-state index >= 15 is 0 Å². The Hall–Kier alpha value is -0.0300. The smallest absolute Gasteiger partial charge is 0.0613 e. The summed E-state index contributed by atoms with van der Waals surface area (Å²) in [7, 11) is 0. The second-order valence-electron chi connectivity index (χ2n) is 5.26. The molecule has 1 aromatic carbocycles. The van der Waals surface area contributed by atoms with Crippen LogP contribution >= 0.6 is 27.7 Å². The molecule has 0 radical (unpaired) electrons. The van der Waals surface area contributed by atoms with E-state index in [1.165, 1.54) is 17.7 Å². The Bertz CT molecular complexity index is 394. The number of thioether (sulfide) groups is 1. The van der Waals surface area contributed by atoms with Gasteiger partial charge in [0.1, 0.15) is 0 Å². The van der Waals surface area contributed by atoms with E-state index < -0.39 is 0 Å². The summed E-state index contributed by atoms with van der Waals surface area (Å²) in [5.74, 6) is 0. The molecule has 2 nitrogen and oxygen atoms in total. The van der Waals surface area contributed by atoms with Crippen molar-refractivity contribution in [3.8, 4) is 0 Å². The summed E-state index contributed by atoms with van der Waals surface area (Å²) in [6, 6.07) is 8.51. The predicted octanol–water partition coefficient (Wildman–Crippen LogP) is 3.82. The predicted molar refractivity (Wildman–Crippen MR) is 85.7 cm³/mol. The first-order valence-electron chi connectivity index (χ1n) is 6.95. The molecule has 0 spiro atoms. The average Bonchev–Trinajstić information content (AvgIpc) is 2.42. The Morgan fingerprint density at radius 2 is 2.16 bits per heavy atom. The molecule has 0 aliphatic heterocycles. The summed E-state index contributed by atoms with van der Waals surface area (Å²) in [5, 5.41) is 13.8. The molecule has 0 saturated heterocycles. The highest BCUT2D eigenvalue weighted by Gasteiger charge is 2.35. The van der Waals surface area contributed by atoms with Crippen LogP contribution in [0.3, 0.4) is 0 Å². The topological polar surface area (TPSA) is 32.3 Å². The molecule has 1 saturated carbocycles. The standard InChI is InChI=1S/C15H22BrNOS/c1-2-17-15(11-18)9-3-4-14(10-15)19-13-7-5-12(16)6-8-13/h5-8,14,17-18H,2-4,9-11H2,1H3. The number of hydrogen-bond donors (Lipinski definition) is 2. The minimum Gasteiger partial charge on any atom is -0.394 e. The van der Waals surface area contributed by atoms with Gasteiger partial charge in [-0.1, -0.05) is 29.3 Å². The van der Waals surface area contributed by atoms with Crippen molar-refractivity contribution in [2.24, 2.45) is 0 Å². The number of halogens is 1. The van der Waals surface area contributed by atoms with E-state index in [9.17, 15) is 5.11 Å². The van der Waals surface area contributed by atoms with Crippen molar-refractivity contribution in [2.75, 3.05) is 13.2 Å². The van der Waals surface area contributed by atoms with Crippen LogP contribution in [0.2, 0.25) is 0 Å². The van der Waals surface area contributed by atoms with Gasteiger partial charge in [0.15, 0.2) is 0 Å². The maximum atomic E-state index is 9.71. The highest BCUT2D eigenvalue weighted by Crippen LogP contribution is 2.38. The molecule has 1 aromatic rings. The van der Waals surface area contributed by atoms with Crippen LogP contribution in [0.15, 0.2) is 33.6 Å². The minimum absolute atomic E-state index is 0.0555. The normalized spacial score (nSPS) is 27.4. The number of hydrogen-bond acceptors (Lipinski definition) is 3. The van der Waals surface area contributed by atoms with Crippen molar-refractivity contribution in [3.63, 3.8) is 0 Å².